The van der Waals surface area contributed by atoms with Crippen LogP contribution in [-0.2, 0) is 16.6 Å². The fourth-order valence-corrected chi connectivity index (χ4v) is 4.64. The van der Waals surface area contributed by atoms with Crippen molar-refractivity contribution in [2.75, 3.05) is 11.4 Å². The van der Waals surface area contributed by atoms with Crippen molar-refractivity contribution in [3.05, 3.63) is 94.9 Å². The Hall–Kier alpha value is -3.17. The summed E-state index contributed by atoms with van der Waals surface area (Å²) >= 11 is 3.41. The second kappa shape index (κ2) is 8.52. The van der Waals surface area contributed by atoms with Crippen molar-refractivity contribution < 1.29 is 13.2 Å². The average Bonchev–Trinajstić information content (AvgIpc) is 3.19. The molecule has 0 bridgehead atoms. The standard InChI is InChI=1S/C22H19BrN4O3S/c1-26(19-5-3-2-4-6-19)31(29,30)20-10-7-16(8-11-20)22(28)24-13-18-15-27-14-17(23)9-12-21(27)25-18/h2-12,14-15H,13H2,1H3,(H,24,28). The zero-order valence-electron chi connectivity index (χ0n) is 16.6. The van der Waals surface area contributed by atoms with Gasteiger partial charge in [0.25, 0.3) is 15.9 Å². The van der Waals surface area contributed by atoms with Gasteiger partial charge in [-0.2, -0.15) is 0 Å². The number of rotatable bonds is 6. The Bertz CT molecular complexity index is 1340. The maximum atomic E-state index is 12.8. The van der Waals surface area contributed by atoms with Crippen LogP contribution in [0.25, 0.3) is 5.65 Å². The van der Waals surface area contributed by atoms with Gasteiger partial charge in [-0.3, -0.25) is 9.10 Å². The second-order valence-corrected chi connectivity index (χ2v) is 9.75. The molecule has 2 heterocycles. The maximum absolute atomic E-state index is 12.8. The molecule has 4 aromatic rings. The molecule has 0 spiro atoms. The van der Waals surface area contributed by atoms with Crippen LogP contribution >= 0.6 is 15.9 Å². The van der Waals surface area contributed by atoms with E-state index < -0.39 is 10.0 Å². The zero-order chi connectivity index (χ0) is 22.0. The number of fused-ring (bicyclic) bond motifs is 1. The number of hydrogen-bond acceptors (Lipinski definition) is 4. The summed E-state index contributed by atoms with van der Waals surface area (Å²) in [6.45, 7) is 0.259. The lowest BCUT2D eigenvalue weighted by molar-refractivity contribution is 0.0950. The second-order valence-electron chi connectivity index (χ2n) is 6.86. The molecule has 0 unspecified atom stereocenters. The van der Waals surface area contributed by atoms with Crippen LogP contribution in [0, 0.1) is 0 Å². The maximum Gasteiger partial charge on any atom is 0.264 e. The Labute approximate surface area is 188 Å². The SMILES string of the molecule is CN(c1ccccc1)S(=O)(=O)c1ccc(C(=O)NCc2cn3cc(Br)ccc3n2)cc1. The van der Waals surface area contributed by atoms with Crippen LogP contribution in [-0.4, -0.2) is 30.8 Å². The molecule has 1 amide bonds. The number of aromatic nitrogens is 2. The quantitative estimate of drug-likeness (QED) is 0.437. The summed E-state index contributed by atoms with van der Waals surface area (Å²) in [7, 11) is -2.22. The summed E-state index contributed by atoms with van der Waals surface area (Å²) in [5.74, 6) is -0.307. The number of para-hydroxylation sites is 1. The van der Waals surface area contributed by atoms with Crippen LogP contribution in [0.1, 0.15) is 16.1 Å². The summed E-state index contributed by atoms with van der Waals surface area (Å²) in [4.78, 5) is 17.1. The minimum atomic E-state index is -3.72. The van der Waals surface area contributed by atoms with Gasteiger partial charge in [0.1, 0.15) is 5.65 Å². The predicted molar refractivity (Wildman–Crippen MR) is 123 cm³/mol. The van der Waals surface area contributed by atoms with Crippen LogP contribution in [0.3, 0.4) is 0 Å². The van der Waals surface area contributed by atoms with E-state index in [1.807, 2.05) is 35.0 Å². The van der Waals surface area contributed by atoms with Gasteiger partial charge < -0.3 is 9.72 Å². The normalized spacial score (nSPS) is 11.4. The van der Waals surface area contributed by atoms with Gasteiger partial charge >= 0.3 is 0 Å². The highest BCUT2D eigenvalue weighted by atomic mass is 79.9. The van der Waals surface area contributed by atoms with E-state index in [4.69, 9.17) is 0 Å². The highest BCUT2D eigenvalue weighted by molar-refractivity contribution is 9.10. The number of nitrogens with zero attached hydrogens (tertiary/aromatic N) is 3. The van der Waals surface area contributed by atoms with Gasteiger partial charge in [-0.25, -0.2) is 13.4 Å². The highest BCUT2D eigenvalue weighted by Crippen LogP contribution is 2.22. The Balaban J connectivity index is 1.45. The fourth-order valence-electron chi connectivity index (χ4n) is 3.09. The first-order chi connectivity index (χ1) is 14.8. The lowest BCUT2D eigenvalue weighted by Gasteiger charge is -2.19. The van der Waals surface area contributed by atoms with Crippen LogP contribution in [0.15, 0.2) is 88.5 Å². The van der Waals surface area contributed by atoms with Crippen LogP contribution in [0.4, 0.5) is 5.69 Å². The van der Waals surface area contributed by atoms with Gasteiger partial charge in [0.2, 0.25) is 0 Å². The summed E-state index contributed by atoms with van der Waals surface area (Å²) in [5, 5.41) is 2.81. The number of pyridine rings is 1. The molecule has 2 aromatic carbocycles. The number of imidazole rings is 1. The van der Waals surface area contributed by atoms with Gasteiger partial charge in [0.05, 0.1) is 22.8 Å². The number of carbonyl (C=O) groups excluding carboxylic acids is 1. The molecule has 31 heavy (non-hydrogen) atoms. The minimum Gasteiger partial charge on any atom is -0.346 e. The molecule has 0 fully saturated rings. The van der Waals surface area contributed by atoms with Crippen LogP contribution in [0.2, 0.25) is 0 Å². The van der Waals surface area contributed by atoms with E-state index in [-0.39, 0.29) is 17.3 Å². The fraction of sp³-hybridized carbons (Fsp3) is 0.0909. The third kappa shape index (κ3) is 4.47. The molecule has 0 atom stereocenters. The largest absolute Gasteiger partial charge is 0.346 e. The lowest BCUT2D eigenvalue weighted by atomic mass is 10.2. The number of carbonyl (C=O) groups is 1. The van der Waals surface area contributed by atoms with Crippen LogP contribution < -0.4 is 9.62 Å². The Morgan fingerprint density at radius 2 is 1.74 bits per heavy atom. The van der Waals surface area contributed by atoms with Crippen LogP contribution in [0.5, 0.6) is 0 Å². The van der Waals surface area contributed by atoms with Crippen molar-refractivity contribution in [2.24, 2.45) is 0 Å². The number of benzene rings is 2. The minimum absolute atomic E-state index is 0.112. The molecule has 0 saturated carbocycles. The van der Waals surface area contributed by atoms with E-state index in [9.17, 15) is 13.2 Å². The number of halogens is 1. The molecule has 0 aliphatic rings. The average molecular weight is 499 g/mol. The van der Waals surface area contributed by atoms with E-state index in [2.05, 4.69) is 26.2 Å². The predicted octanol–water partition coefficient (Wildman–Crippen LogP) is 3.85. The summed E-state index contributed by atoms with van der Waals surface area (Å²) in [6.07, 6.45) is 3.73. The molecule has 1 N–H and O–H groups in total. The third-order valence-corrected chi connectivity index (χ3v) is 7.06. The summed E-state index contributed by atoms with van der Waals surface area (Å²) < 4.78 is 29.7. The van der Waals surface area contributed by atoms with Gasteiger partial charge in [-0.1, -0.05) is 18.2 Å². The zero-order valence-corrected chi connectivity index (χ0v) is 19.0. The molecule has 0 aliphatic heterocycles. The van der Waals surface area contributed by atoms with E-state index >= 15 is 0 Å². The van der Waals surface area contributed by atoms with Gasteiger partial charge in [-0.15, -0.1) is 0 Å². The summed E-state index contributed by atoms with van der Waals surface area (Å²) in [6, 6.07) is 18.5. The van der Waals surface area contributed by atoms with Crippen molar-refractivity contribution in [3.63, 3.8) is 0 Å². The summed E-state index contributed by atoms with van der Waals surface area (Å²) in [5.41, 5.74) is 2.43. The van der Waals surface area contributed by atoms with Crippen molar-refractivity contribution in [3.8, 4) is 0 Å². The Kier molecular flexibility index (Phi) is 5.79. The Morgan fingerprint density at radius 3 is 2.45 bits per heavy atom. The lowest BCUT2D eigenvalue weighted by Crippen LogP contribution is -2.27. The highest BCUT2D eigenvalue weighted by Gasteiger charge is 2.21. The number of sulfonamides is 1. The molecule has 7 nitrogen and oxygen atoms in total. The first-order valence-electron chi connectivity index (χ1n) is 9.40. The van der Waals surface area contributed by atoms with Gasteiger partial charge in [0, 0.05) is 29.5 Å². The molecular formula is C22H19BrN4O3S. The molecule has 0 saturated heterocycles. The number of anilines is 1. The first kappa shape index (κ1) is 21.1. The molecule has 9 heteroatoms. The smallest absolute Gasteiger partial charge is 0.264 e. The molecular weight excluding hydrogens is 480 g/mol. The molecule has 4 rings (SSSR count). The molecule has 0 radical (unpaired) electrons. The molecule has 2 aromatic heterocycles. The van der Waals surface area contributed by atoms with Crippen molar-refractivity contribution in [1.82, 2.24) is 14.7 Å². The van der Waals surface area contributed by atoms with Crippen molar-refractivity contribution >= 4 is 43.2 Å². The molecule has 0 aliphatic carbocycles. The Morgan fingerprint density at radius 1 is 1.03 bits per heavy atom. The van der Waals surface area contributed by atoms with Crippen molar-refractivity contribution in [1.29, 1.82) is 0 Å². The van der Waals surface area contributed by atoms with Gasteiger partial charge in [0.15, 0.2) is 0 Å². The van der Waals surface area contributed by atoms with E-state index in [0.29, 0.717) is 11.3 Å². The monoisotopic (exact) mass is 498 g/mol. The first-order valence-corrected chi connectivity index (χ1v) is 11.6. The number of nitrogens with one attached hydrogen (secondary N) is 1. The molecule has 158 valence electrons. The topological polar surface area (TPSA) is 83.8 Å². The van der Waals surface area contributed by atoms with E-state index in [1.165, 1.54) is 35.6 Å². The number of hydrogen-bond donors (Lipinski definition) is 1. The van der Waals surface area contributed by atoms with E-state index in [1.54, 1.807) is 24.3 Å². The van der Waals surface area contributed by atoms with Crippen molar-refractivity contribution in [2.45, 2.75) is 11.4 Å². The third-order valence-electron chi connectivity index (χ3n) is 4.79. The number of amides is 1. The van der Waals surface area contributed by atoms with E-state index in [0.717, 1.165) is 15.8 Å². The van der Waals surface area contributed by atoms with Gasteiger partial charge in [-0.05, 0) is 64.5 Å².